The Hall–Kier alpha value is -1.89. The van der Waals surface area contributed by atoms with Gasteiger partial charge >= 0.3 is 6.18 Å². The van der Waals surface area contributed by atoms with Crippen LogP contribution in [0, 0.1) is 12.7 Å². The Balaban J connectivity index is 2.03. The minimum Gasteiger partial charge on any atom is -0.489 e. The molecule has 0 aliphatic rings. The number of rotatable bonds is 8. The highest BCUT2D eigenvalue weighted by Crippen LogP contribution is 2.30. The van der Waals surface area contributed by atoms with E-state index in [9.17, 15) is 30.6 Å². The van der Waals surface area contributed by atoms with Gasteiger partial charge in [-0.05, 0) is 40.5 Å². The predicted octanol–water partition coefficient (Wildman–Crippen LogP) is 4.79. The standard InChI is InChI=1S/C16H14BrF6N3O2S/c1-8-4-9(18)10(5-11(8)29(27)6-16(21,22)23)28-3-2-24-15-12(17)13(14(19)20)25-7-26-15/h4-5,7,14H,2-3,6H2,1H3,(H,24,25,26). The van der Waals surface area contributed by atoms with Crippen LogP contribution in [0.5, 0.6) is 5.75 Å². The molecule has 2 aromatic rings. The predicted molar refractivity (Wildman–Crippen MR) is 97.1 cm³/mol. The third-order valence-corrected chi connectivity index (χ3v) is 5.75. The maximum Gasteiger partial charge on any atom is 0.400 e. The lowest BCUT2D eigenvalue weighted by Gasteiger charge is -2.14. The van der Waals surface area contributed by atoms with Gasteiger partial charge in [0.25, 0.3) is 6.43 Å². The van der Waals surface area contributed by atoms with Gasteiger partial charge in [-0.2, -0.15) is 13.2 Å². The van der Waals surface area contributed by atoms with Crippen LogP contribution >= 0.6 is 15.9 Å². The molecule has 0 amide bonds. The molecule has 0 radical (unpaired) electrons. The number of hydrogen-bond acceptors (Lipinski definition) is 5. The molecule has 0 spiro atoms. The second-order valence-electron chi connectivity index (χ2n) is 5.65. The van der Waals surface area contributed by atoms with E-state index >= 15 is 0 Å². The van der Waals surface area contributed by atoms with Crippen molar-refractivity contribution >= 4 is 32.5 Å². The molecule has 160 valence electrons. The Labute approximate surface area is 172 Å². The zero-order valence-corrected chi connectivity index (χ0v) is 17.1. The van der Waals surface area contributed by atoms with Crippen LogP contribution in [0.15, 0.2) is 27.8 Å². The van der Waals surface area contributed by atoms with E-state index in [4.69, 9.17) is 4.74 Å². The number of hydrogen-bond donors (Lipinski definition) is 1. The van der Waals surface area contributed by atoms with Crippen molar-refractivity contribution in [2.75, 3.05) is 24.2 Å². The number of aryl methyl sites for hydroxylation is 1. The second-order valence-corrected chi connectivity index (χ2v) is 7.86. The van der Waals surface area contributed by atoms with Crippen molar-refractivity contribution in [1.29, 1.82) is 0 Å². The number of halogens is 7. The lowest BCUT2D eigenvalue weighted by atomic mass is 10.2. The summed E-state index contributed by atoms with van der Waals surface area (Å²) in [5.41, 5.74) is -0.412. The molecule has 13 heteroatoms. The average Bonchev–Trinajstić information content (AvgIpc) is 2.59. The van der Waals surface area contributed by atoms with Crippen LogP contribution in [-0.4, -0.2) is 39.3 Å². The molecule has 29 heavy (non-hydrogen) atoms. The topological polar surface area (TPSA) is 64.1 Å². The highest BCUT2D eigenvalue weighted by atomic mass is 79.9. The molecular weight excluding hydrogens is 492 g/mol. The fourth-order valence-electron chi connectivity index (χ4n) is 2.21. The van der Waals surface area contributed by atoms with Gasteiger partial charge in [0.2, 0.25) is 0 Å². The molecule has 1 aromatic carbocycles. The summed E-state index contributed by atoms with van der Waals surface area (Å²) >= 11 is 2.95. The maximum absolute atomic E-state index is 14.0. The molecule has 1 N–H and O–H groups in total. The van der Waals surface area contributed by atoms with Crippen LogP contribution in [0.2, 0.25) is 0 Å². The van der Waals surface area contributed by atoms with Gasteiger partial charge in [-0.3, -0.25) is 4.21 Å². The first-order chi connectivity index (χ1) is 13.5. The Kier molecular flexibility index (Phi) is 7.86. The molecule has 1 unspecified atom stereocenters. The van der Waals surface area contributed by atoms with E-state index in [-0.39, 0.29) is 39.7 Å². The molecule has 0 saturated heterocycles. The van der Waals surface area contributed by atoms with Crippen LogP contribution < -0.4 is 10.1 Å². The average molecular weight is 506 g/mol. The zero-order valence-electron chi connectivity index (χ0n) is 14.7. The molecule has 1 atom stereocenters. The Morgan fingerprint density at radius 2 is 1.97 bits per heavy atom. The smallest absolute Gasteiger partial charge is 0.400 e. The monoisotopic (exact) mass is 505 g/mol. The quantitative estimate of drug-likeness (QED) is 0.413. The fraction of sp³-hybridized carbons (Fsp3) is 0.375. The van der Waals surface area contributed by atoms with E-state index in [0.717, 1.165) is 18.5 Å². The SMILES string of the molecule is Cc1cc(F)c(OCCNc2ncnc(C(F)F)c2Br)cc1S(=O)CC(F)(F)F. The van der Waals surface area contributed by atoms with E-state index in [0.29, 0.717) is 0 Å². The number of benzene rings is 1. The van der Waals surface area contributed by atoms with Crippen LogP contribution in [0.4, 0.5) is 32.2 Å². The fourth-order valence-corrected chi connectivity index (χ4v) is 3.83. The second kappa shape index (κ2) is 9.74. The minimum absolute atomic E-state index is 0.00653. The molecule has 2 rings (SSSR count). The van der Waals surface area contributed by atoms with E-state index < -0.39 is 40.7 Å². The lowest BCUT2D eigenvalue weighted by Crippen LogP contribution is -2.19. The highest BCUT2D eigenvalue weighted by molar-refractivity contribution is 9.10. The van der Waals surface area contributed by atoms with Crippen molar-refractivity contribution in [3.05, 3.63) is 40.0 Å². The van der Waals surface area contributed by atoms with Gasteiger partial charge < -0.3 is 10.1 Å². The number of aromatic nitrogens is 2. The molecule has 0 fully saturated rings. The van der Waals surface area contributed by atoms with Gasteiger partial charge in [0, 0.05) is 4.90 Å². The van der Waals surface area contributed by atoms with Crippen LogP contribution in [-0.2, 0) is 10.8 Å². The Morgan fingerprint density at radius 3 is 2.59 bits per heavy atom. The van der Waals surface area contributed by atoms with Gasteiger partial charge in [0.15, 0.2) is 11.6 Å². The van der Waals surface area contributed by atoms with E-state index in [1.165, 1.54) is 6.92 Å². The number of nitrogens with one attached hydrogen (secondary N) is 1. The van der Waals surface area contributed by atoms with Crippen molar-refractivity contribution in [2.24, 2.45) is 0 Å². The van der Waals surface area contributed by atoms with E-state index in [1.807, 2.05) is 0 Å². The lowest BCUT2D eigenvalue weighted by molar-refractivity contribution is -0.105. The molecule has 5 nitrogen and oxygen atoms in total. The molecule has 0 aliphatic carbocycles. The van der Waals surface area contributed by atoms with Gasteiger partial charge in [-0.15, -0.1) is 0 Å². The number of alkyl halides is 5. The maximum atomic E-state index is 14.0. The summed E-state index contributed by atoms with van der Waals surface area (Å²) in [6.45, 7) is 1.17. The molecular formula is C16H14BrF6N3O2S. The van der Waals surface area contributed by atoms with E-state index in [1.54, 1.807) is 0 Å². The third-order valence-electron chi connectivity index (χ3n) is 3.44. The Bertz CT molecular complexity index is 898. The normalized spacial score (nSPS) is 12.9. The largest absolute Gasteiger partial charge is 0.489 e. The summed E-state index contributed by atoms with van der Waals surface area (Å²) in [4.78, 5) is 7.05. The van der Waals surface area contributed by atoms with Crippen molar-refractivity contribution in [3.63, 3.8) is 0 Å². The summed E-state index contributed by atoms with van der Waals surface area (Å²) in [6.07, 6.45) is -6.52. The van der Waals surface area contributed by atoms with Gasteiger partial charge in [-0.1, -0.05) is 0 Å². The van der Waals surface area contributed by atoms with Crippen LogP contribution in [0.25, 0.3) is 0 Å². The summed E-state index contributed by atoms with van der Waals surface area (Å²) in [6, 6.07) is 1.89. The zero-order chi connectivity index (χ0) is 21.8. The third kappa shape index (κ3) is 6.56. The van der Waals surface area contributed by atoms with Crippen molar-refractivity contribution in [3.8, 4) is 5.75 Å². The highest BCUT2D eigenvalue weighted by Gasteiger charge is 2.32. The number of anilines is 1. The molecule has 1 heterocycles. The van der Waals surface area contributed by atoms with Crippen LogP contribution in [0.3, 0.4) is 0 Å². The molecule has 0 saturated carbocycles. The van der Waals surface area contributed by atoms with Crippen LogP contribution in [0.1, 0.15) is 17.7 Å². The first-order valence-electron chi connectivity index (χ1n) is 7.90. The summed E-state index contributed by atoms with van der Waals surface area (Å²) in [5.74, 6) is -2.71. The summed E-state index contributed by atoms with van der Waals surface area (Å²) in [5, 5.41) is 2.69. The van der Waals surface area contributed by atoms with Crippen molar-refractivity contribution in [1.82, 2.24) is 9.97 Å². The van der Waals surface area contributed by atoms with Crippen molar-refractivity contribution in [2.45, 2.75) is 24.4 Å². The Morgan fingerprint density at radius 1 is 1.28 bits per heavy atom. The first-order valence-corrected chi connectivity index (χ1v) is 10.0. The first kappa shape index (κ1) is 23.4. The minimum atomic E-state index is -4.64. The van der Waals surface area contributed by atoms with E-state index in [2.05, 4.69) is 31.2 Å². The molecule has 0 bridgehead atoms. The summed E-state index contributed by atoms with van der Waals surface area (Å²) < 4.78 is 94.0. The van der Waals surface area contributed by atoms with Gasteiger partial charge in [0.1, 0.15) is 30.2 Å². The molecule has 0 aliphatic heterocycles. The van der Waals surface area contributed by atoms with Crippen molar-refractivity contribution < 1.29 is 35.3 Å². The van der Waals surface area contributed by atoms with Gasteiger partial charge in [0.05, 0.1) is 21.8 Å². The van der Waals surface area contributed by atoms with Gasteiger partial charge in [-0.25, -0.2) is 23.1 Å². The molecule has 1 aromatic heterocycles. The number of nitrogens with zero attached hydrogens (tertiary/aromatic N) is 2. The summed E-state index contributed by atoms with van der Waals surface area (Å²) in [7, 11) is -2.41. The number of ether oxygens (including phenoxy) is 1.